The van der Waals surface area contributed by atoms with Gasteiger partial charge < -0.3 is 29.7 Å². The number of rotatable bonds is 0. The average molecular weight is 302 g/mol. The predicted octanol–water partition coefficient (Wildman–Crippen LogP) is 1.82. The third-order valence-electron chi connectivity index (χ3n) is 0. The molecular formula is CuGe2P3. The Morgan fingerprint density at radius 1 is 0.500 bits per heavy atom. The zero-order chi connectivity index (χ0) is 0. The summed E-state index contributed by atoms with van der Waals surface area (Å²) in [4.78, 5) is 0. The summed E-state index contributed by atoms with van der Waals surface area (Å²) in [5, 5.41) is 0. The van der Waals surface area contributed by atoms with Crippen LogP contribution in [0.25, 0.3) is 0 Å². The van der Waals surface area contributed by atoms with Gasteiger partial charge in [-0.15, -0.1) is 0 Å². The van der Waals surface area contributed by atoms with Crippen molar-refractivity contribution < 1.29 is 17.1 Å². The maximum atomic E-state index is 0. The molecule has 0 aromatic carbocycles. The first-order valence-corrected chi connectivity index (χ1v) is 0. The van der Waals surface area contributed by atoms with Gasteiger partial charge in [-0.2, -0.15) is 0 Å². The molecule has 0 aliphatic heterocycles. The van der Waals surface area contributed by atoms with Crippen LogP contribution >= 0.6 is 29.7 Å². The van der Waals surface area contributed by atoms with Crippen LogP contribution in [0.5, 0.6) is 0 Å². The van der Waals surface area contributed by atoms with Crippen LogP contribution in [0.3, 0.4) is 0 Å². The van der Waals surface area contributed by atoms with Gasteiger partial charge in [-0.1, -0.05) is 0 Å². The van der Waals surface area contributed by atoms with Gasteiger partial charge in [0.2, 0.25) is 0 Å². The first-order valence-electron chi connectivity index (χ1n) is 0. The van der Waals surface area contributed by atoms with E-state index >= 15 is 0 Å². The van der Waals surface area contributed by atoms with Gasteiger partial charge in [-0.3, -0.25) is 0 Å². The van der Waals surface area contributed by atoms with Gasteiger partial charge in [0.05, 0.1) is 0 Å². The first kappa shape index (κ1) is 66.1. The van der Waals surface area contributed by atoms with Gasteiger partial charge in [-0.05, 0) is 0 Å². The SMILES string of the molecule is [Cu+].[Ge+4].[Ge+4].[P-3].[P-3].[P-3]. The molecule has 0 radical (unpaired) electrons. The summed E-state index contributed by atoms with van der Waals surface area (Å²) >= 11 is 0. The van der Waals surface area contributed by atoms with E-state index < -0.39 is 0 Å². The molecule has 0 aromatic heterocycles. The molecule has 0 N–H and O–H groups in total. The molecule has 0 fully saturated rings. The van der Waals surface area contributed by atoms with E-state index in [-0.39, 0.29) is 82.0 Å². The van der Waals surface area contributed by atoms with Crippen LogP contribution in [0.15, 0.2) is 0 Å². The topological polar surface area (TPSA) is 0 Å². The quantitative estimate of drug-likeness (QED) is 0.473. The summed E-state index contributed by atoms with van der Waals surface area (Å²) in [5.41, 5.74) is 0. The Morgan fingerprint density at radius 2 is 0.500 bits per heavy atom. The van der Waals surface area contributed by atoms with E-state index in [0.29, 0.717) is 0 Å². The molecule has 0 aliphatic rings. The van der Waals surface area contributed by atoms with E-state index in [1.54, 1.807) is 0 Å². The van der Waals surface area contributed by atoms with Crippen molar-refractivity contribution in [2.45, 2.75) is 0 Å². The van der Waals surface area contributed by atoms with Crippen molar-refractivity contribution in [3.05, 3.63) is 0 Å². The smallest absolute Gasteiger partial charge is 3.00 e. The van der Waals surface area contributed by atoms with E-state index in [4.69, 9.17) is 0 Å². The van der Waals surface area contributed by atoms with Crippen molar-refractivity contribution >= 4 is 64.9 Å². The molecule has 0 bridgehead atoms. The summed E-state index contributed by atoms with van der Waals surface area (Å²) < 4.78 is 0. The maximum Gasteiger partial charge on any atom is 4.00 e. The van der Waals surface area contributed by atoms with E-state index in [9.17, 15) is 0 Å². The minimum absolute atomic E-state index is 0. The second kappa shape index (κ2) is 44.8. The number of hydrogen-bond donors (Lipinski definition) is 0. The molecule has 0 saturated carbocycles. The van der Waals surface area contributed by atoms with Crippen molar-refractivity contribution in [1.29, 1.82) is 0 Å². The van der Waals surface area contributed by atoms with Crippen molar-refractivity contribution in [2.75, 3.05) is 0 Å². The van der Waals surface area contributed by atoms with Crippen LogP contribution in [0.2, 0.25) is 0 Å². The van der Waals surface area contributed by atoms with E-state index in [0.717, 1.165) is 0 Å². The molecule has 0 spiro atoms. The van der Waals surface area contributed by atoms with Crippen LogP contribution in [-0.2, 0) is 17.1 Å². The fourth-order valence-electron chi connectivity index (χ4n) is 0. The van der Waals surface area contributed by atoms with E-state index in [2.05, 4.69) is 0 Å². The van der Waals surface area contributed by atoms with Crippen molar-refractivity contribution in [1.82, 2.24) is 0 Å². The molecular weight excluding hydrogens is 302 g/mol. The third kappa shape index (κ3) is 28.6. The molecule has 6 heteroatoms. The van der Waals surface area contributed by atoms with Crippen molar-refractivity contribution in [3.8, 4) is 0 Å². The second-order valence-corrected chi connectivity index (χ2v) is 0. The second-order valence-electron chi connectivity index (χ2n) is 0. The summed E-state index contributed by atoms with van der Waals surface area (Å²) in [6.45, 7) is 0. The fourth-order valence-corrected chi connectivity index (χ4v) is 0. The molecule has 0 saturated heterocycles. The Bertz CT molecular complexity index is 8.75. The van der Waals surface area contributed by atoms with Gasteiger partial charge in [0, 0.05) is 0 Å². The zero-order valence-electron chi connectivity index (χ0n) is 2.64. The van der Waals surface area contributed by atoms with Gasteiger partial charge in [0.15, 0.2) is 0 Å². The monoisotopic (exact) mass is 304 g/mol. The van der Waals surface area contributed by atoms with Gasteiger partial charge in [0.25, 0.3) is 0 Å². The molecule has 0 nitrogen and oxygen atoms in total. The largest absolute Gasteiger partial charge is 4.00 e. The number of hydrogen-bond acceptors (Lipinski definition) is 0. The Kier molecular flexibility index (Phi) is 494. The Labute approximate surface area is 81.4 Å². The van der Waals surface area contributed by atoms with Crippen molar-refractivity contribution in [2.24, 2.45) is 0 Å². The first-order chi connectivity index (χ1) is 0. The molecule has 0 rings (SSSR count). The molecule has 0 atom stereocenters. The molecule has 34 valence electrons. The molecule has 6 heavy (non-hydrogen) atoms. The van der Waals surface area contributed by atoms with Gasteiger partial charge in [0.1, 0.15) is 0 Å². The van der Waals surface area contributed by atoms with Crippen molar-refractivity contribution in [3.63, 3.8) is 0 Å². The molecule has 0 aromatic rings. The van der Waals surface area contributed by atoms with Gasteiger partial charge >= 0.3 is 52.3 Å². The zero-order valence-corrected chi connectivity index (χ0v) is 10.5. The van der Waals surface area contributed by atoms with Crippen LogP contribution in [0, 0.1) is 0 Å². The summed E-state index contributed by atoms with van der Waals surface area (Å²) in [5.74, 6) is 0. The molecule has 0 aliphatic carbocycles. The molecule has 0 heterocycles. The Balaban J connectivity index is 0. The van der Waals surface area contributed by atoms with Crippen LogP contribution < -0.4 is 0 Å². The molecule has 0 unspecified atom stereocenters. The average Bonchev–Trinajstić information content (AvgIpc) is 0. The third-order valence-corrected chi connectivity index (χ3v) is 0. The van der Waals surface area contributed by atoms with E-state index in [1.807, 2.05) is 0 Å². The summed E-state index contributed by atoms with van der Waals surface area (Å²) in [6, 6.07) is 0. The minimum atomic E-state index is 0. The fraction of sp³-hybridized carbons (Fsp3) is 0. The minimum Gasteiger partial charge on any atom is -3.00 e. The van der Waals surface area contributed by atoms with Crippen LogP contribution in [0.4, 0.5) is 0 Å². The summed E-state index contributed by atoms with van der Waals surface area (Å²) in [7, 11) is 0. The standard InChI is InChI=1S/Cu.2Ge.3P/q+1;2*+4;3*-3. The van der Waals surface area contributed by atoms with Crippen LogP contribution in [0.1, 0.15) is 0 Å². The Morgan fingerprint density at radius 3 is 0.500 bits per heavy atom. The maximum absolute atomic E-state index is 0. The summed E-state index contributed by atoms with van der Waals surface area (Å²) in [6.07, 6.45) is 0. The van der Waals surface area contributed by atoms with E-state index in [1.165, 1.54) is 0 Å². The molecule has 0 amide bonds. The normalized spacial score (nSPS) is 0. The van der Waals surface area contributed by atoms with Gasteiger partial charge in [-0.25, -0.2) is 0 Å². The predicted molar refractivity (Wildman–Crippen MR) is 32.3 cm³/mol. The Hall–Kier alpha value is 2.90. The van der Waals surface area contributed by atoms with Crippen LogP contribution in [-0.4, -0.2) is 35.2 Å².